The highest BCUT2D eigenvalue weighted by molar-refractivity contribution is 9.10. The molecule has 0 amide bonds. The second-order valence-corrected chi connectivity index (χ2v) is 4.18. The van der Waals surface area contributed by atoms with Crippen LogP contribution in [-0.2, 0) is 0 Å². The molecule has 1 atom stereocenters. The molecule has 0 aromatic heterocycles. The number of benzene rings is 1. The zero-order chi connectivity index (χ0) is 9.10. The van der Waals surface area contributed by atoms with Crippen molar-refractivity contribution in [2.75, 3.05) is 19.6 Å². The molecule has 86 valence electrons. The van der Waals surface area contributed by atoms with Gasteiger partial charge in [-0.15, -0.1) is 24.8 Å². The largest absolute Gasteiger partial charge is 0.314 e. The molecule has 1 aromatic carbocycles. The van der Waals surface area contributed by atoms with Gasteiger partial charge in [-0.1, -0.05) is 28.1 Å². The first-order chi connectivity index (χ1) is 6.36. The van der Waals surface area contributed by atoms with E-state index in [0.29, 0.717) is 6.04 Å². The topological polar surface area (TPSA) is 24.1 Å². The summed E-state index contributed by atoms with van der Waals surface area (Å²) in [5.41, 5.74) is 1.36. The fraction of sp³-hybridized carbons (Fsp3) is 0.400. The normalized spacial score (nSPS) is 19.9. The highest BCUT2D eigenvalue weighted by atomic mass is 79.9. The van der Waals surface area contributed by atoms with Gasteiger partial charge in [-0.25, -0.2) is 0 Å². The van der Waals surface area contributed by atoms with Crippen molar-refractivity contribution in [2.24, 2.45) is 0 Å². The Bertz CT molecular complexity index is 273. The molecule has 0 radical (unpaired) electrons. The molecule has 0 aliphatic carbocycles. The molecule has 1 aliphatic heterocycles. The summed E-state index contributed by atoms with van der Waals surface area (Å²) in [4.78, 5) is 0. The number of rotatable bonds is 1. The highest BCUT2D eigenvalue weighted by Gasteiger charge is 2.13. The van der Waals surface area contributed by atoms with Gasteiger partial charge in [0.1, 0.15) is 0 Å². The van der Waals surface area contributed by atoms with Crippen molar-refractivity contribution in [3.8, 4) is 0 Å². The van der Waals surface area contributed by atoms with Crippen LogP contribution in [0.4, 0.5) is 0 Å². The molecule has 2 nitrogen and oxygen atoms in total. The van der Waals surface area contributed by atoms with E-state index >= 15 is 0 Å². The van der Waals surface area contributed by atoms with Gasteiger partial charge in [0, 0.05) is 30.1 Å². The average Bonchev–Trinajstić information content (AvgIpc) is 2.20. The van der Waals surface area contributed by atoms with Crippen molar-refractivity contribution in [3.05, 3.63) is 34.3 Å². The van der Waals surface area contributed by atoms with Gasteiger partial charge >= 0.3 is 0 Å². The van der Waals surface area contributed by atoms with Gasteiger partial charge in [-0.3, -0.25) is 0 Å². The Morgan fingerprint density at radius 2 is 1.73 bits per heavy atom. The summed E-state index contributed by atoms with van der Waals surface area (Å²) >= 11 is 3.43. The van der Waals surface area contributed by atoms with E-state index in [2.05, 4.69) is 50.8 Å². The summed E-state index contributed by atoms with van der Waals surface area (Å²) in [5.74, 6) is 0. The van der Waals surface area contributed by atoms with E-state index < -0.39 is 0 Å². The van der Waals surface area contributed by atoms with Gasteiger partial charge in [-0.05, 0) is 17.7 Å². The van der Waals surface area contributed by atoms with E-state index in [1.807, 2.05) is 0 Å². The Morgan fingerprint density at radius 1 is 1.07 bits per heavy atom. The molecule has 1 aliphatic rings. The van der Waals surface area contributed by atoms with Crippen molar-refractivity contribution in [2.45, 2.75) is 6.04 Å². The first kappa shape index (κ1) is 15.2. The lowest BCUT2D eigenvalue weighted by Gasteiger charge is -2.24. The van der Waals surface area contributed by atoms with Crippen LogP contribution in [0, 0.1) is 0 Å². The third kappa shape index (κ3) is 4.29. The number of hydrogen-bond acceptors (Lipinski definition) is 2. The van der Waals surface area contributed by atoms with Gasteiger partial charge in [-0.2, -0.15) is 0 Å². The average molecular weight is 314 g/mol. The Morgan fingerprint density at radius 3 is 2.27 bits per heavy atom. The summed E-state index contributed by atoms with van der Waals surface area (Å²) in [6.45, 7) is 3.16. The van der Waals surface area contributed by atoms with Crippen molar-refractivity contribution >= 4 is 40.7 Å². The van der Waals surface area contributed by atoms with Crippen molar-refractivity contribution in [1.29, 1.82) is 0 Å². The zero-order valence-corrected chi connectivity index (χ0v) is 11.4. The second-order valence-electron chi connectivity index (χ2n) is 3.26. The Labute approximate surface area is 111 Å². The van der Waals surface area contributed by atoms with E-state index in [1.165, 1.54) is 5.56 Å². The fourth-order valence-corrected chi connectivity index (χ4v) is 1.85. The molecule has 1 unspecified atom stereocenters. The van der Waals surface area contributed by atoms with E-state index in [-0.39, 0.29) is 24.8 Å². The van der Waals surface area contributed by atoms with Crippen LogP contribution in [0.3, 0.4) is 0 Å². The molecule has 1 aromatic rings. The van der Waals surface area contributed by atoms with Crippen molar-refractivity contribution < 1.29 is 0 Å². The van der Waals surface area contributed by atoms with Crippen molar-refractivity contribution in [3.63, 3.8) is 0 Å². The quantitative estimate of drug-likeness (QED) is 0.832. The predicted octanol–water partition coefficient (Wildman–Crippen LogP) is 2.53. The van der Waals surface area contributed by atoms with Crippen LogP contribution < -0.4 is 10.6 Å². The number of hydrogen-bond donors (Lipinski definition) is 2. The van der Waals surface area contributed by atoms with Gasteiger partial charge in [0.2, 0.25) is 0 Å². The van der Waals surface area contributed by atoms with Gasteiger partial charge in [0.15, 0.2) is 0 Å². The molecule has 0 bridgehead atoms. The number of halogens is 3. The highest BCUT2D eigenvalue weighted by Crippen LogP contribution is 2.17. The number of nitrogens with one attached hydrogen (secondary N) is 2. The Kier molecular flexibility index (Phi) is 7.57. The molecule has 0 saturated carbocycles. The lowest BCUT2D eigenvalue weighted by Crippen LogP contribution is -2.42. The van der Waals surface area contributed by atoms with Crippen LogP contribution in [-0.4, -0.2) is 19.6 Å². The summed E-state index contributed by atoms with van der Waals surface area (Å²) < 4.78 is 1.14. The summed E-state index contributed by atoms with van der Waals surface area (Å²) in [6, 6.07) is 8.97. The van der Waals surface area contributed by atoms with E-state index in [9.17, 15) is 0 Å². The monoisotopic (exact) mass is 312 g/mol. The maximum Gasteiger partial charge on any atom is 0.0447 e. The molecular weight excluding hydrogens is 299 g/mol. The lowest BCUT2D eigenvalue weighted by molar-refractivity contribution is 0.430. The molecule has 2 N–H and O–H groups in total. The Hall–Kier alpha value is 0.200. The number of piperazine rings is 1. The van der Waals surface area contributed by atoms with E-state index in [1.54, 1.807) is 0 Å². The summed E-state index contributed by atoms with van der Waals surface area (Å²) in [5, 5.41) is 6.85. The summed E-state index contributed by atoms with van der Waals surface area (Å²) in [7, 11) is 0. The zero-order valence-electron chi connectivity index (χ0n) is 8.20. The predicted molar refractivity (Wildman–Crippen MR) is 72.3 cm³/mol. The van der Waals surface area contributed by atoms with Crippen LogP contribution in [0.25, 0.3) is 0 Å². The van der Waals surface area contributed by atoms with Crippen LogP contribution >= 0.6 is 40.7 Å². The maximum atomic E-state index is 3.48. The smallest absolute Gasteiger partial charge is 0.0447 e. The molecule has 1 fully saturated rings. The first-order valence-corrected chi connectivity index (χ1v) is 5.35. The van der Waals surface area contributed by atoms with Gasteiger partial charge in [0.25, 0.3) is 0 Å². The lowest BCUT2D eigenvalue weighted by atomic mass is 10.1. The Balaban J connectivity index is 0.000000980. The molecule has 0 spiro atoms. The van der Waals surface area contributed by atoms with Crippen LogP contribution in [0.5, 0.6) is 0 Å². The molecule has 15 heavy (non-hydrogen) atoms. The van der Waals surface area contributed by atoms with Crippen molar-refractivity contribution in [1.82, 2.24) is 10.6 Å². The standard InChI is InChI=1S/C10H13BrN2.2ClH/c11-9-3-1-8(2-4-9)10-7-12-5-6-13-10;;/h1-4,10,12-13H,5-7H2;2*1H. The maximum absolute atomic E-state index is 3.48. The van der Waals surface area contributed by atoms with Crippen LogP contribution in [0.2, 0.25) is 0 Å². The minimum Gasteiger partial charge on any atom is -0.314 e. The minimum absolute atomic E-state index is 0. The SMILES string of the molecule is Brc1ccc(C2CNCCN2)cc1.Cl.Cl. The van der Waals surface area contributed by atoms with Crippen LogP contribution in [0.1, 0.15) is 11.6 Å². The molecule has 1 saturated heterocycles. The van der Waals surface area contributed by atoms with Gasteiger partial charge in [0.05, 0.1) is 0 Å². The molecule has 2 rings (SSSR count). The third-order valence-corrected chi connectivity index (χ3v) is 2.84. The van der Waals surface area contributed by atoms with Gasteiger partial charge < -0.3 is 10.6 Å². The molecular formula is C10H15BrCl2N2. The summed E-state index contributed by atoms with van der Waals surface area (Å²) in [6.07, 6.45) is 0. The minimum atomic E-state index is 0. The molecule has 1 heterocycles. The molecule has 5 heteroatoms. The van der Waals surface area contributed by atoms with E-state index in [4.69, 9.17) is 0 Å². The first-order valence-electron chi connectivity index (χ1n) is 4.56. The second kappa shape index (κ2) is 7.47. The van der Waals surface area contributed by atoms with E-state index in [0.717, 1.165) is 24.1 Å². The third-order valence-electron chi connectivity index (χ3n) is 2.31. The fourth-order valence-electron chi connectivity index (χ4n) is 1.58. The van der Waals surface area contributed by atoms with Crippen LogP contribution in [0.15, 0.2) is 28.7 Å².